The van der Waals surface area contributed by atoms with Crippen molar-refractivity contribution in [1.82, 2.24) is 0 Å². The van der Waals surface area contributed by atoms with Crippen LogP contribution in [0.3, 0.4) is 0 Å². The maximum Gasteiger partial charge on any atom is 0.0187 e. The third kappa shape index (κ3) is 0.604. The largest absolute Gasteiger partial charge is 0.0891 e. The molecule has 0 aromatic heterocycles. The zero-order valence-electron chi connectivity index (χ0n) is 7.23. The molecule has 2 bridgehead atoms. The zero-order valence-corrected chi connectivity index (χ0v) is 7.98. The lowest BCUT2D eigenvalue weighted by Crippen LogP contribution is -2.52. The molecule has 0 radical (unpaired) electrons. The monoisotopic (exact) mass is 190 g/mol. The van der Waals surface area contributed by atoms with Crippen LogP contribution in [0.2, 0.25) is 0 Å². The van der Waals surface area contributed by atoms with Crippen LogP contribution in [-0.4, -0.2) is 0 Å². The first-order valence-electron chi connectivity index (χ1n) is 5.10. The molecule has 0 aromatic carbocycles. The van der Waals surface area contributed by atoms with Crippen LogP contribution in [0, 0.1) is 35.5 Å². The Kier molecular flexibility index (Phi) is 1.04. The fraction of sp³-hybridized carbons (Fsp3) is 0.500. The molecule has 0 nitrogen and oxygen atoms in total. The van der Waals surface area contributed by atoms with Crippen molar-refractivity contribution in [3.63, 3.8) is 0 Å². The van der Waals surface area contributed by atoms with Crippen LogP contribution in [0.1, 0.15) is 0 Å². The number of hydrogen-bond donors (Lipinski definition) is 0. The molecule has 0 spiro atoms. The quantitative estimate of drug-likeness (QED) is 0.516. The lowest BCUT2D eigenvalue weighted by atomic mass is 9.47. The summed E-state index contributed by atoms with van der Waals surface area (Å²) in [6, 6.07) is 0. The highest BCUT2D eigenvalue weighted by Crippen LogP contribution is 2.62. The summed E-state index contributed by atoms with van der Waals surface area (Å²) < 4.78 is 0. The van der Waals surface area contributed by atoms with E-state index in [9.17, 15) is 0 Å². The van der Waals surface area contributed by atoms with Gasteiger partial charge in [0.1, 0.15) is 0 Å². The van der Waals surface area contributed by atoms with Gasteiger partial charge in [0.15, 0.2) is 0 Å². The molecule has 0 saturated heterocycles. The lowest BCUT2D eigenvalue weighted by Gasteiger charge is -2.58. The molecule has 13 heavy (non-hydrogen) atoms. The van der Waals surface area contributed by atoms with Crippen molar-refractivity contribution in [2.75, 3.05) is 0 Å². The molecule has 0 amide bonds. The van der Waals surface area contributed by atoms with Gasteiger partial charge in [0.2, 0.25) is 0 Å². The summed E-state index contributed by atoms with van der Waals surface area (Å²) in [5.41, 5.74) is 0. The van der Waals surface area contributed by atoms with E-state index in [0.29, 0.717) is 5.92 Å². The predicted molar refractivity (Wildman–Crippen MR) is 53.2 cm³/mol. The van der Waals surface area contributed by atoms with Gasteiger partial charge >= 0.3 is 0 Å². The van der Waals surface area contributed by atoms with E-state index in [1.807, 2.05) is 0 Å². The summed E-state index contributed by atoms with van der Waals surface area (Å²) in [6.45, 7) is 0. The van der Waals surface area contributed by atoms with Crippen molar-refractivity contribution in [2.24, 2.45) is 35.5 Å². The summed E-state index contributed by atoms with van der Waals surface area (Å²) in [6.07, 6.45) is 11.9. The minimum absolute atomic E-state index is 0.683. The normalized spacial score (nSPS) is 59.0. The van der Waals surface area contributed by atoms with Crippen LogP contribution in [-0.2, 0) is 0 Å². The van der Waals surface area contributed by atoms with Crippen molar-refractivity contribution in [3.05, 3.63) is 35.4 Å². The van der Waals surface area contributed by atoms with Gasteiger partial charge in [-0.3, -0.25) is 0 Å². The highest BCUT2D eigenvalue weighted by atomic mass is 35.5. The van der Waals surface area contributed by atoms with E-state index >= 15 is 0 Å². The Morgan fingerprint density at radius 1 is 0.769 bits per heavy atom. The van der Waals surface area contributed by atoms with Crippen LogP contribution in [0.25, 0.3) is 0 Å². The maximum absolute atomic E-state index is 6.16. The average molecular weight is 191 g/mol. The van der Waals surface area contributed by atoms with Gasteiger partial charge in [-0.2, -0.15) is 0 Å². The molecule has 0 aromatic rings. The Hall–Kier alpha value is -0.490. The SMILES string of the molecule is ClC1=CC2C3C=CC(C4C=CC43)C12. The predicted octanol–water partition coefficient (Wildman–Crippen LogP) is 2.97. The molecular formula is C12H11Cl. The highest BCUT2D eigenvalue weighted by Gasteiger charge is 2.55. The molecule has 1 fully saturated rings. The lowest BCUT2D eigenvalue weighted by molar-refractivity contribution is 0.0657. The molecule has 0 heterocycles. The molecule has 1 heteroatoms. The van der Waals surface area contributed by atoms with E-state index < -0.39 is 0 Å². The first kappa shape index (κ1) is 6.89. The molecule has 0 N–H and O–H groups in total. The van der Waals surface area contributed by atoms with E-state index in [-0.39, 0.29) is 0 Å². The minimum Gasteiger partial charge on any atom is -0.0891 e. The molecule has 1 saturated carbocycles. The van der Waals surface area contributed by atoms with E-state index in [4.69, 9.17) is 11.6 Å². The Labute approximate surface area is 83.0 Å². The number of allylic oxidation sites excluding steroid dienone is 6. The number of hydrogen-bond acceptors (Lipinski definition) is 0. The second-order valence-corrected chi connectivity index (χ2v) is 5.17. The smallest absolute Gasteiger partial charge is 0.0187 e. The Balaban J connectivity index is 1.86. The Bertz CT molecular complexity index is 363. The van der Waals surface area contributed by atoms with Gasteiger partial charge in [-0.25, -0.2) is 0 Å². The second kappa shape index (κ2) is 1.95. The van der Waals surface area contributed by atoms with E-state index in [1.54, 1.807) is 0 Å². The van der Waals surface area contributed by atoms with Crippen molar-refractivity contribution < 1.29 is 0 Å². The van der Waals surface area contributed by atoms with Crippen LogP contribution in [0.15, 0.2) is 35.4 Å². The molecule has 0 aliphatic heterocycles. The molecular weight excluding hydrogens is 180 g/mol. The van der Waals surface area contributed by atoms with Gasteiger partial charge < -0.3 is 0 Å². The first-order valence-corrected chi connectivity index (χ1v) is 5.48. The molecule has 6 atom stereocenters. The number of halogens is 1. The van der Waals surface area contributed by atoms with Gasteiger partial charge in [0.05, 0.1) is 0 Å². The van der Waals surface area contributed by atoms with Crippen molar-refractivity contribution >= 4 is 11.6 Å². The van der Waals surface area contributed by atoms with E-state index in [0.717, 1.165) is 34.6 Å². The van der Waals surface area contributed by atoms with Crippen LogP contribution >= 0.6 is 11.6 Å². The summed E-state index contributed by atoms with van der Waals surface area (Å²) in [5, 5.41) is 1.13. The molecule has 5 aliphatic rings. The Morgan fingerprint density at radius 3 is 2.00 bits per heavy atom. The van der Waals surface area contributed by atoms with Crippen molar-refractivity contribution in [3.8, 4) is 0 Å². The van der Waals surface area contributed by atoms with Gasteiger partial charge in [-0.05, 0) is 29.6 Å². The van der Waals surface area contributed by atoms with E-state index in [1.165, 1.54) is 0 Å². The zero-order chi connectivity index (χ0) is 8.58. The van der Waals surface area contributed by atoms with Crippen LogP contribution < -0.4 is 0 Å². The standard InChI is InChI=1S/C12H11Cl/c13-11-5-10-8-3-4-9(12(10)11)7-2-1-6(7)8/h1-10,12H. The molecule has 66 valence electrons. The molecule has 6 unspecified atom stereocenters. The van der Waals surface area contributed by atoms with Gasteiger partial charge in [-0.1, -0.05) is 42.0 Å². The van der Waals surface area contributed by atoms with Crippen molar-refractivity contribution in [2.45, 2.75) is 0 Å². The van der Waals surface area contributed by atoms with E-state index in [2.05, 4.69) is 30.4 Å². The topological polar surface area (TPSA) is 0 Å². The average Bonchev–Trinajstić information content (AvgIpc) is 2.02. The van der Waals surface area contributed by atoms with Gasteiger partial charge in [0, 0.05) is 11.0 Å². The second-order valence-electron chi connectivity index (χ2n) is 4.73. The first-order chi connectivity index (χ1) is 6.36. The van der Waals surface area contributed by atoms with Gasteiger partial charge in [-0.15, -0.1) is 0 Å². The summed E-state index contributed by atoms with van der Waals surface area (Å²) >= 11 is 6.16. The fourth-order valence-corrected chi connectivity index (χ4v) is 4.09. The maximum atomic E-state index is 6.16. The fourth-order valence-electron chi connectivity index (χ4n) is 3.65. The minimum atomic E-state index is 0.683. The molecule has 5 aliphatic carbocycles. The Morgan fingerprint density at radius 2 is 1.31 bits per heavy atom. The summed E-state index contributed by atoms with van der Waals surface area (Å²) in [4.78, 5) is 0. The summed E-state index contributed by atoms with van der Waals surface area (Å²) in [5.74, 6) is 4.61. The van der Waals surface area contributed by atoms with Gasteiger partial charge in [0.25, 0.3) is 0 Å². The third-order valence-electron chi connectivity index (χ3n) is 4.39. The van der Waals surface area contributed by atoms with Crippen LogP contribution in [0.5, 0.6) is 0 Å². The summed E-state index contributed by atoms with van der Waals surface area (Å²) in [7, 11) is 0. The highest BCUT2D eigenvalue weighted by molar-refractivity contribution is 6.30. The molecule has 5 rings (SSSR count). The third-order valence-corrected chi connectivity index (χ3v) is 4.77. The number of rotatable bonds is 0. The van der Waals surface area contributed by atoms with Crippen molar-refractivity contribution in [1.29, 1.82) is 0 Å². The van der Waals surface area contributed by atoms with Crippen LogP contribution in [0.4, 0.5) is 0 Å².